The molecule has 0 spiro atoms. The van der Waals surface area contributed by atoms with Crippen LogP contribution in [0.3, 0.4) is 0 Å². The van der Waals surface area contributed by atoms with E-state index in [-0.39, 0.29) is 12.2 Å². The van der Waals surface area contributed by atoms with Gasteiger partial charge in [-0.25, -0.2) is 0 Å². The lowest BCUT2D eigenvalue weighted by Crippen LogP contribution is -2.34. The fraction of sp³-hybridized carbons (Fsp3) is 0.591. The minimum Gasteiger partial charge on any atom is -0.391 e. The molecule has 0 amide bonds. The molecule has 0 saturated heterocycles. The number of hydrogen-bond donors (Lipinski definition) is 1. The number of ether oxygens (including phenoxy) is 4. The van der Waals surface area contributed by atoms with Crippen molar-refractivity contribution in [3.05, 3.63) is 108 Å². The van der Waals surface area contributed by atoms with E-state index in [4.69, 9.17) is 18.9 Å². The van der Waals surface area contributed by atoms with Gasteiger partial charge in [0.1, 0.15) is 5.60 Å². The largest absolute Gasteiger partial charge is 0.391 e. The quantitative estimate of drug-likeness (QED) is 0.0587. The maximum Gasteiger partial charge on any atom is 0.143 e. The first kappa shape index (κ1) is 40.9. The molecule has 5 heteroatoms. The molecule has 0 aromatic heterocycles. The average molecular weight is 675 g/mol. The zero-order valence-corrected chi connectivity index (χ0v) is 30.9. The molecular weight excluding hydrogens is 608 g/mol. The Kier molecular flexibility index (Phi) is 21.2. The van der Waals surface area contributed by atoms with Crippen molar-refractivity contribution in [1.29, 1.82) is 0 Å². The summed E-state index contributed by atoms with van der Waals surface area (Å²) >= 11 is 0. The fourth-order valence-corrected chi connectivity index (χ4v) is 6.62. The van der Waals surface area contributed by atoms with Crippen LogP contribution in [0.4, 0.5) is 0 Å². The summed E-state index contributed by atoms with van der Waals surface area (Å²) in [5.41, 5.74) is 2.49. The Morgan fingerprint density at radius 1 is 0.531 bits per heavy atom. The summed E-state index contributed by atoms with van der Waals surface area (Å²) in [7, 11) is 0. The van der Waals surface area contributed by atoms with Gasteiger partial charge in [0.15, 0.2) is 0 Å². The highest BCUT2D eigenvalue weighted by atomic mass is 16.6. The van der Waals surface area contributed by atoms with Crippen LogP contribution in [-0.2, 0) is 24.5 Å². The van der Waals surface area contributed by atoms with E-state index in [1.54, 1.807) is 0 Å². The first-order valence-corrected chi connectivity index (χ1v) is 19.4. The van der Waals surface area contributed by atoms with Crippen molar-refractivity contribution in [1.82, 2.24) is 0 Å². The Balaban J connectivity index is 1.30. The van der Waals surface area contributed by atoms with Crippen LogP contribution in [0.2, 0.25) is 0 Å². The number of aliphatic hydroxyl groups is 1. The molecule has 3 aromatic rings. The van der Waals surface area contributed by atoms with Crippen LogP contribution in [-0.4, -0.2) is 56.5 Å². The first-order chi connectivity index (χ1) is 24.1. The lowest BCUT2D eigenvalue weighted by atomic mass is 9.80. The van der Waals surface area contributed by atoms with Crippen LogP contribution >= 0.6 is 0 Å². The van der Waals surface area contributed by atoms with E-state index < -0.39 is 11.7 Å². The van der Waals surface area contributed by atoms with E-state index >= 15 is 0 Å². The second-order valence-electron chi connectivity index (χ2n) is 13.6. The monoisotopic (exact) mass is 674 g/mol. The molecule has 3 rings (SSSR count). The van der Waals surface area contributed by atoms with E-state index in [1.807, 2.05) is 32.0 Å². The third kappa shape index (κ3) is 15.5. The Morgan fingerprint density at radius 3 is 1.39 bits per heavy atom. The van der Waals surface area contributed by atoms with E-state index in [0.29, 0.717) is 33.0 Å². The molecule has 0 aliphatic rings. The lowest BCUT2D eigenvalue weighted by molar-refractivity contribution is -0.0978. The number of hydrogen-bond acceptors (Lipinski definition) is 5. The predicted octanol–water partition coefficient (Wildman–Crippen LogP) is 10.7. The van der Waals surface area contributed by atoms with Crippen LogP contribution in [0.15, 0.2) is 91.0 Å². The Hall–Kier alpha value is -2.54. The standard InChI is InChI=1S/C44H66O5/c1-4-5-6-7-8-9-10-11-12-13-14-15-25-32-43(39(3)45)49-38(2)37-47-34-33-46-35-36-48-44(40-26-19-16-20-27-40,41-28-21-17-22-29-41)42-30-23-18-24-31-42/h16-24,26-31,38-39,43,45H,4-15,25,32-37H2,1-3H3. The van der Waals surface area contributed by atoms with Crippen molar-refractivity contribution in [2.75, 3.05) is 33.0 Å². The summed E-state index contributed by atoms with van der Waals surface area (Å²) in [6.07, 6.45) is 17.5. The Labute approximate surface area is 298 Å². The summed E-state index contributed by atoms with van der Waals surface area (Å²) < 4.78 is 24.8. The normalized spacial score (nSPS) is 13.7. The van der Waals surface area contributed by atoms with Gasteiger partial charge in [-0.3, -0.25) is 0 Å². The van der Waals surface area contributed by atoms with Gasteiger partial charge in [-0.15, -0.1) is 0 Å². The maximum atomic E-state index is 10.3. The van der Waals surface area contributed by atoms with Crippen molar-refractivity contribution in [2.45, 2.75) is 135 Å². The highest BCUT2D eigenvalue weighted by molar-refractivity contribution is 5.47. The van der Waals surface area contributed by atoms with Crippen molar-refractivity contribution in [3.8, 4) is 0 Å². The zero-order valence-electron chi connectivity index (χ0n) is 30.9. The molecular formula is C44H66O5. The van der Waals surface area contributed by atoms with Crippen molar-refractivity contribution < 1.29 is 24.1 Å². The van der Waals surface area contributed by atoms with Gasteiger partial charge < -0.3 is 24.1 Å². The third-order valence-corrected chi connectivity index (χ3v) is 9.35. The SMILES string of the molecule is CCCCCCCCCCCCCCCC(OC(C)COCCOCCOC(c1ccccc1)(c1ccccc1)c1ccccc1)C(C)O. The van der Waals surface area contributed by atoms with Gasteiger partial charge >= 0.3 is 0 Å². The van der Waals surface area contributed by atoms with E-state index in [0.717, 1.165) is 29.5 Å². The van der Waals surface area contributed by atoms with Crippen LogP contribution in [0, 0.1) is 0 Å². The molecule has 1 N–H and O–H groups in total. The van der Waals surface area contributed by atoms with Crippen molar-refractivity contribution >= 4 is 0 Å². The first-order valence-electron chi connectivity index (χ1n) is 19.4. The molecule has 272 valence electrons. The fourth-order valence-electron chi connectivity index (χ4n) is 6.62. The van der Waals surface area contributed by atoms with Crippen LogP contribution in [0.1, 0.15) is 127 Å². The third-order valence-electron chi connectivity index (χ3n) is 9.35. The molecule has 3 atom stereocenters. The average Bonchev–Trinajstić information content (AvgIpc) is 3.13. The van der Waals surface area contributed by atoms with Crippen molar-refractivity contribution in [2.24, 2.45) is 0 Å². The van der Waals surface area contributed by atoms with Gasteiger partial charge in [0.25, 0.3) is 0 Å². The number of aliphatic hydroxyl groups excluding tert-OH is 1. The minimum absolute atomic E-state index is 0.0897. The summed E-state index contributed by atoms with van der Waals surface area (Å²) in [4.78, 5) is 0. The molecule has 0 heterocycles. The highest BCUT2D eigenvalue weighted by Gasteiger charge is 2.37. The van der Waals surface area contributed by atoms with Crippen LogP contribution in [0.25, 0.3) is 0 Å². The van der Waals surface area contributed by atoms with Crippen LogP contribution < -0.4 is 0 Å². The molecule has 3 unspecified atom stereocenters. The molecule has 3 aromatic carbocycles. The molecule has 0 aliphatic heterocycles. The Bertz CT molecular complexity index is 1070. The number of rotatable bonds is 29. The van der Waals surface area contributed by atoms with E-state index in [2.05, 4.69) is 79.7 Å². The Morgan fingerprint density at radius 2 is 0.939 bits per heavy atom. The maximum absolute atomic E-state index is 10.3. The molecule has 0 saturated carbocycles. The van der Waals surface area contributed by atoms with Gasteiger partial charge in [0.2, 0.25) is 0 Å². The molecule has 49 heavy (non-hydrogen) atoms. The van der Waals surface area contributed by atoms with Gasteiger partial charge in [-0.1, -0.05) is 181 Å². The smallest absolute Gasteiger partial charge is 0.143 e. The number of benzene rings is 3. The van der Waals surface area contributed by atoms with Gasteiger partial charge in [-0.2, -0.15) is 0 Å². The van der Waals surface area contributed by atoms with Gasteiger partial charge in [0.05, 0.1) is 51.3 Å². The van der Waals surface area contributed by atoms with Crippen molar-refractivity contribution in [3.63, 3.8) is 0 Å². The second-order valence-corrected chi connectivity index (χ2v) is 13.6. The molecule has 0 radical (unpaired) electrons. The van der Waals surface area contributed by atoms with Crippen LogP contribution in [0.5, 0.6) is 0 Å². The topological polar surface area (TPSA) is 57.2 Å². The van der Waals surface area contributed by atoms with E-state index in [9.17, 15) is 5.11 Å². The predicted molar refractivity (Wildman–Crippen MR) is 203 cm³/mol. The summed E-state index contributed by atoms with van der Waals surface area (Å²) in [6.45, 7) is 8.43. The van der Waals surface area contributed by atoms with Gasteiger partial charge in [0, 0.05) is 0 Å². The minimum atomic E-state index is -0.746. The zero-order chi connectivity index (χ0) is 34.8. The molecule has 0 fully saturated rings. The molecule has 0 bridgehead atoms. The lowest BCUT2D eigenvalue weighted by Gasteiger charge is -2.36. The van der Waals surface area contributed by atoms with E-state index in [1.165, 1.54) is 77.0 Å². The molecule has 5 nitrogen and oxygen atoms in total. The second kappa shape index (κ2) is 25.4. The highest BCUT2D eigenvalue weighted by Crippen LogP contribution is 2.40. The summed E-state index contributed by atoms with van der Waals surface area (Å²) in [5.74, 6) is 0. The summed E-state index contributed by atoms with van der Waals surface area (Å²) in [6, 6.07) is 31.2. The molecule has 0 aliphatic carbocycles. The number of unbranched alkanes of at least 4 members (excludes halogenated alkanes) is 12. The summed E-state index contributed by atoms with van der Waals surface area (Å²) in [5, 5.41) is 10.3. The van der Waals surface area contributed by atoms with Gasteiger partial charge in [-0.05, 0) is 37.0 Å².